The lowest BCUT2D eigenvalue weighted by Crippen LogP contribution is -2.18. The molecule has 0 saturated heterocycles. The van der Waals surface area contributed by atoms with Crippen LogP contribution in [0, 0.1) is 5.41 Å². The summed E-state index contributed by atoms with van der Waals surface area (Å²) in [7, 11) is 0. The van der Waals surface area contributed by atoms with Crippen molar-refractivity contribution in [2.45, 2.75) is 20.8 Å². The largest absolute Gasteiger partial charge is 0.269 e. The molecular formula is C7H14N4. The second kappa shape index (κ2) is 2.98. The minimum Gasteiger partial charge on any atom is -0.269 e. The van der Waals surface area contributed by atoms with Crippen molar-refractivity contribution in [1.82, 2.24) is 5.43 Å². The number of hydrogen-bond acceptors (Lipinski definition) is 3. The van der Waals surface area contributed by atoms with Crippen molar-refractivity contribution in [2.24, 2.45) is 20.7 Å². The van der Waals surface area contributed by atoms with E-state index in [-0.39, 0.29) is 5.41 Å². The van der Waals surface area contributed by atoms with Gasteiger partial charge in [-0.3, -0.25) is 4.99 Å². The fourth-order valence-corrected chi connectivity index (χ4v) is 0.649. The fraction of sp³-hybridized carbons (Fsp3) is 0.857. The van der Waals surface area contributed by atoms with E-state index in [1.807, 2.05) is 0 Å². The molecule has 1 aliphatic heterocycles. The van der Waals surface area contributed by atoms with Crippen molar-refractivity contribution in [3.63, 3.8) is 0 Å². The Morgan fingerprint density at radius 1 is 1.55 bits per heavy atom. The van der Waals surface area contributed by atoms with Gasteiger partial charge in [-0.1, -0.05) is 26.0 Å². The van der Waals surface area contributed by atoms with Gasteiger partial charge in [0.05, 0.1) is 0 Å². The first-order valence-electron chi connectivity index (χ1n) is 3.74. The second-order valence-electron chi connectivity index (χ2n) is 3.83. The molecule has 0 aromatic heterocycles. The standard InChI is InChI=1S/C7H14N4/c1-7(2,3)5-8-6-4-9-11-10-6/h4-5H2,1-3H3,(H,8,9,10). The molecule has 0 atom stereocenters. The molecule has 62 valence electrons. The molecule has 4 heteroatoms. The lowest BCUT2D eigenvalue weighted by Gasteiger charge is -2.14. The van der Waals surface area contributed by atoms with E-state index in [2.05, 4.69) is 41.5 Å². The molecular weight excluding hydrogens is 140 g/mol. The summed E-state index contributed by atoms with van der Waals surface area (Å²) in [4.78, 5) is 4.31. The lowest BCUT2D eigenvalue weighted by atomic mass is 9.97. The zero-order chi connectivity index (χ0) is 8.32. The van der Waals surface area contributed by atoms with Crippen molar-refractivity contribution in [3.05, 3.63) is 0 Å². The average Bonchev–Trinajstić information content (AvgIpc) is 2.32. The van der Waals surface area contributed by atoms with E-state index in [1.54, 1.807) is 0 Å². The molecule has 0 aliphatic carbocycles. The molecule has 0 aromatic carbocycles. The second-order valence-corrected chi connectivity index (χ2v) is 3.83. The summed E-state index contributed by atoms with van der Waals surface area (Å²) in [5.41, 5.74) is 2.98. The van der Waals surface area contributed by atoms with E-state index in [1.165, 1.54) is 0 Å². The Labute approximate surface area is 66.8 Å². The molecule has 1 aliphatic rings. The number of amidine groups is 1. The highest BCUT2D eigenvalue weighted by Crippen LogP contribution is 2.12. The Kier molecular flexibility index (Phi) is 2.22. The first-order chi connectivity index (χ1) is 5.08. The van der Waals surface area contributed by atoms with E-state index in [4.69, 9.17) is 0 Å². The Balaban J connectivity index is 2.36. The summed E-state index contributed by atoms with van der Waals surface area (Å²) >= 11 is 0. The maximum absolute atomic E-state index is 4.31. The van der Waals surface area contributed by atoms with Gasteiger partial charge < -0.3 is 0 Å². The van der Waals surface area contributed by atoms with Crippen molar-refractivity contribution < 1.29 is 0 Å². The maximum Gasteiger partial charge on any atom is 0.142 e. The topological polar surface area (TPSA) is 49.1 Å². The number of hydrogen-bond donors (Lipinski definition) is 1. The molecule has 1 rings (SSSR count). The molecule has 1 N–H and O–H groups in total. The summed E-state index contributed by atoms with van der Waals surface area (Å²) in [6.07, 6.45) is 0. The smallest absolute Gasteiger partial charge is 0.142 e. The molecule has 0 bridgehead atoms. The minimum atomic E-state index is 0.247. The van der Waals surface area contributed by atoms with Gasteiger partial charge in [0, 0.05) is 6.54 Å². The predicted octanol–water partition coefficient (Wildman–Crippen LogP) is 1.40. The highest BCUT2D eigenvalue weighted by atomic mass is 15.5. The van der Waals surface area contributed by atoms with Crippen molar-refractivity contribution in [3.8, 4) is 0 Å². The van der Waals surface area contributed by atoms with Crippen LogP contribution in [0.15, 0.2) is 15.3 Å². The zero-order valence-corrected chi connectivity index (χ0v) is 7.26. The first kappa shape index (κ1) is 8.17. The number of aliphatic imine (C=N–C) groups is 1. The fourth-order valence-electron chi connectivity index (χ4n) is 0.649. The van der Waals surface area contributed by atoms with Gasteiger partial charge in [0.25, 0.3) is 0 Å². The first-order valence-corrected chi connectivity index (χ1v) is 3.74. The van der Waals surface area contributed by atoms with Crippen molar-refractivity contribution in [2.75, 3.05) is 13.1 Å². The van der Waals surface area contributed by atoms with E-state index < -0.39 is 0 Å². The van der Waals surface area contributed by atoms with Gasteiger partial charge in [-0.25, -0.2) is 5.43 Å². The van der Waals surface area contributed by atoms with Crippen molar-refractivity contribution in [1.29, 1.82) is 0 Å². The lowest BCUT2D eigenvalue weighted by molar-refractivity contribution is 0.429. The van der Waals surface area contributed by atoms with E-state index in [9.17, 15) is 0 Å². The molecule has 0 unspecified atom stereocenters. The molecule has 0 radical (unpaired) electrons. The highest BCUT2D eigenvalue weighted by Gasteiger charge is 2.10. The SMILES string of the molecule is CC(C)(C)CN=C1CN=NN1. The van der Waals surface area contributed by atoms with Gasteiger partial charge in [-0.05, 0) is 5.41 Å². The van der Waals surface area contributed by atoms with Crippen LogP contribution in [-0.4, -0.2) is 18.9 Å². The van der Waals surface area contributed by atoms with Crippen LogP contribution in [-0.2, 0) is 0 Å². The van der Waals surface area contributed by atoms with Crippen LogP contribution < -0.4 is 5.43 Å². The Hall–Kier alpha value is -0.930. The van der Waals surface area contributed by atoms with E-state index in [0.29, 0.717) is 6.54 Å². The summed E-state index contributed by atoms with van der Waals surface area (Å²) in [5, 5.41) is 7.36. The molecule has 0 amide bonds. The van der Waals surface area contributed by atoms with E-state index in [0.717, 1.165) is 12.4 Å². The van der Waals surface area contributed by atoms with Crippen molar-refractivity contribution >= 4 is 5.84 Å². The van der Waals surface area contributed by atoms with Gasteiger partial charge in [0.2, 0.25) is 0 Å². The number of nitrogens with one attached hydrogen (secondary N) is 1. The Morgan fingerprint density at radius 3 is 2.73 bits per heavy atom. The predicted molar refractivity (Wildman–Crippen MR) is 44.6 cm³/mol. The Morgan fingerprint density at radius 2 is 2.27 bits per heavy atom. The quantitative estimate of drug-likeness (QED) is 0.609. The molecule has 0 saturated carbocycles. The summed E-state index contributed by atoms with van der Waals surface area (Å²) in [6, 6.07) is 0. The van der Waals surface area contributed by atoms with Crippen LogP contribution in [0.5, 0.6) is 0 Å². The van der Waals surface area contributed by atoms with Crippen LogP contribution in [0.3, 0.4) is 0 Å². The average molecular weight is 154 g/mol. The van der Waals surface area contributed by atoms with Crippen LogP contribution >= 0.6 is 0 Å². The molecule has 0 spiro atoms. The minimum absolute atomic E-state index is 0.247. The monoisotopic (exact) mass is 154 g/mol. The maximum atomic E-state index is 4.31. The molecule has 1 heterocycles. The third-order valence-electron chi connectivity index (χ3n) is 1.21. The van der Waals surface area contributed by atoms with Gasteiger partial charge in [0.15, 0.2) is 0 Å². The third kappa shape index (κ3) is 3.11. The normalized spacial score (nSPS) is 20.8. The summed E-state index contributed by atoms with van der Waals surface area (Å²) < 4.78 is 0. The van der Waals surface area contributed by atoms with Gasteiger partial charge in [-0.15, -0.1) is 0 Å². The highest BCUT2D eigenvalue weighted by molar-refractivity contribution is 5.84. The number of rotatable bonds is 1. The molecule has 0 fully saturated rings. The van der Waals surface area contributed by atoms with Gasteiger partial charge >= 0.3 is 0 Å². The summed E-state index contributed by atoms with van der Waals surface area (Å²) in [6.45, 7) is 7.89. The molecule has 4 nitrogen and oxygen atoms in total. The zero-order valence-electron chi connectivity index (χ0n) is 7.26. The third-order valence-corrected chi connectivity index (χ3v) is 1.21. The molecule has 11 heavy (non-hydrogen) atoms. The summed E-state index contributed by atoms with van der Waals surface area (Å²) in [5.74, 6) is 0.875. The van der Waals surface area contributed by atoms with Gasteiger partial charge in [-0.2, -0.15) is 5.11 Å². The Bertz CT molecular complexity index is 177. The van der Waals surface area contributed by atoms with Crippen LogP contribution in [0.25, 0.3) is 0 Å². The van der Waals surface area contributed by atoms with Crippen LogP contribution in [0.1, 0.15) is 20.8 Å². The van der Waals surface area contributed by atoms with E-state index >= 15 is 0 Å². The molecule has 0 aromatic rings. The number of nitrogens with zero attached hydrogens (tertiary/aromatic N) is 3. The van der Waals surface area contributed by atoms with Gasteiger partial charge in [0.1, 0.15) is 12.4 Å². The van der Waals surface area contributed by atoms with Crippen LogP contribution in [0.4, 0.5) is 0 Å². The van der Waals surface area contributed by atoms with Crippen LogP contribution in [0.2, 0.25) is 0 Å².